The van der Waals surface area contributed by atoms with Crippen LogP contribution in [0.4, 0.5) is 5.69 Å². The van der Waals surface area contributed by atoms with Crippen LogP contribution >= 0.6 is 11.6 Å². The Kier molecular flexibility index (Phi) is 2.98. The third-order valence-corrected chi connectivity index (χ3v) is 2.75. The number of azide groups is 1. The van der Waals surface area contributed by atoms with Gasteiger partial charge in [-0.2, -0.15) is 5.10 Å². The van der Waals surface area contributed by atoms with Crippen molar-refractivity contribution in [2.24, 2.45) is 11.0 Å². The molecule has 1 N–H and O–H groups in total. The van der Waals surface area contributed by atoms with Crippen LogP contribution in [0.1, 0.15) is 6.42 Å². The molecule has 1 amide bonds. The fraction of sp³-hybridized carbons (Fsp3) is 0.500. The Balaban J connectivity index is 2.11. The Morgan fingerprint density at radius 2 is 2.62 bits per heavy atom. The summed E-state index contributed by atoms with van der Waals surface area (Å²) >= 11 is 5.84. The van der Waals surface area contributed by atoms with Gasteiger partial charge in [0.15, 0.2) is 0 Å². The van der Waals surface area contributed by atoms with Gasteiger partial charge >= 0.3 is 0 Å². The molecule has 2 heterocycles. The fourth-order valence-corrected chi connectivity index (χ4v) is 1.94. The number of halogens is 1. The number of anilines is 1. The summed E-state index contributed by atoms with van der Waals surface area (Å²) < 4.78 is 0. The maximum atomic E-state index is 11.7. The largest absolute Gasteiger partial charge is 0.308 e. The van der Waals surface area contributed by atoms with Gasteiger partial charge in [-0.05, 0) is 11.4 Å². The van der Waals surface area contributed by atoms with Gasteiger partial charge in [-0.15, -0.1) is 0 Å². The van der Waals surface area contributed by atoms with E-state index in [4.69, 9.17) is 17.1 Å². The Hall–Kier alpha value is -1.72. The minimum atomic E-state index is -0.0264. The fourth-order valence-electron chi connectivity index (χ4n) is 1.74. The van der Waals surface area contributed by atoms with E-state index in [0.717, 1.165) is 0 Å². The van der Waals surface area contributed by atoms with Crippen LogP contribution in [0.3, 0.4) is 0 Å². The van der Waals surface area contributed by atoms with Gasteiger partial charge < -0.3 is 4.90 Å². The molecule has 1 aliphatic rings. The van der Waals surface area contributed by atoms with Crippen molar-refractivity contribution in [2.45, 2.75) is 6.42 Å². The van der Waals surface area contributed by atoms with Gasteiger partial charge in [-0.3, -0.25) is 9.89 Å². The molecular formula is C8H9ClN6O. The van der Waals surface area contributed by atoms with Crippen LogP contribution < -0.4 is 4.90 Å². The molecule has 1 unspecified atom stereocenters. The van der Waals surface area contributed by atoms with Crippen LogP contribution in [0, 0.1) is 5.92 Å². The summed E-state index contributed by atoms with van der Waals surface area (Å²) in [4.78, 5) is 15.9. The molecule has 0 radical (unpaired) electrons. The van der Waals surface area contributed by atoms with Gasteiger partial charge in [0, 0.05) is 24.4 Å². The molecule has 8 heteroatoms. The second kappa shape index (κ2) is 4.42. The maximum absolute atomic E-state index is 11.7. The Bertz CT molecular complexity index is 451. The minimum absolute atomic E-state index is 0.0264. The highest BCUT2D eigenvalue weighted by Crippen LogP contribution is 2.29. The molecule has 1 aromatic rings. The third-order valence-electron chi connectivity index (χ3n) is 2.47. The first-order valence-electron chi connectivity index (χ1n) is 4.72. The number of H-pyrrole nitrogens is 1. The Morgan fingerprint density at radius 1 is 1.81 bits per heavy atom. The molecule has 1 aromatic heterocycles. The van der Waals surface area contributed by atoms with Gasteiger partial charge in [0.05, 0.1) is 6.20 Å². The molecule has 1 aliphatic heterocycles. The number of rotatable bonds is 3. The number of aromatic nitrogens is 2. The molecule has 0 aromatic carbocycles. The van der Waals surface area contributed by atoms with E-state index < -0.39 is 0 Å². The monoisotopic (exact) mass is 240 g/mol. The SMILES string of the molecule is [N-]=[N+]=NCC1CC(=O)N(c2cn[nH]c2Cl)C1. The highest BCUT2D eigenvalue weighted by Gasteiger charge is 2.31. The second-order valence-electron chi connectivity index (χ2n) is 3.56. The lowest BCUT2D eigenvalue weighted by Crippen LogP contribution is -2.24. The van der Waals surface area contributed by atoms with Crippen molar-refractivity contribution in [2.75, 3.05) is 18.0 Å². The van der Waals surface area contributed by atoms with E-state index in [1.54, 1.807) is 4.90 Å². The van der Waals surface area contributed by atoms with Crippen molar-refractivity contribution in [1.82, 2.24) is 10.2 Å². The number of carbonyl (C=O) groups excluding carboxylic acids is 1. The van der Waals surface area contributed by atoms with E-state index in [-0.39, 0.29) is 11.8 Å². The average Bonchev–Trinajstić information content (AvgIpc) is 2.82. The van der Waals surface area contributed by atoms with Crippen LogP contribution in [0.2, 0.25) is 5.15 Å². The molecule has 0 aliphatic carbocycles. The molecule has 1 fully saturated rings. The van der Waals surface area contributed by atoms with Crippen LogP contribution in [0.5, 0.6) is 0 Å². The molecule has 7 nitrogen and oxygen atoms in total. The van der Waals surface area contributed by atoms with E-state index in [1.807, 2.05) is 0 Å². The first kappa shape index (κ1) is 10.8. The number of hydrogen-bond acceptors (Lipinski definition) is 3. The van der Waals surface area contributed by atoms with Gasteiger partial charge in [0.25, 0.3) is 0 Å². The van der Waals surface area contributed by atoms with E-state index >= 15 is 0 Å². The number of nitrogens with zero attached hydrogens (tertiary/aromatic N) is 5. The van der Waals surface area contributed by atoms with Gasteiger partial charge in [-0.25, -0.2) is 0 Å². The summed E-state index contributed by atoms with van der Waals surface area (Å²) in [6.45, 7) is 0.839. The smallest absolute Gasteiger partial charge is 0.227 e. The van der Waals surface area contributed by atoms with Gasteiger partial charge in [0.1, 0.15) is 10.8 Å². The molecule has 0 spiro atoms. The summed E-state index contributed by atoms with van der Waals surface area (Å²) in [6, 6.07) is 0. The molecule has 0 bridgehead atoms. The van der Waals surface area contributed by atoms with Gasteiger partial charge in [-0.1, -0.05) is 16.7 Å². The van der Waals surface area contributed by atoms with Crippen molar-refractivity contribution in [3.05, 3.63) is 21.8 Å². The standard InChI is InChI=1S/C8H9ClN6O/c9-8-6(3-11-13-8)15-4-5(1-7(15)16)2-12-14-10/h3,5H,1-2,4H2,(H,11,13). The summed E-state index contributed by atoms with van der Waals surface area (Å²) in [6.07, 6.45) is 1.89. The number of carbonyl (C=O) groups is 1. The van der Waals surface area contributed by atoms with Crippen LogP contribution in [0.15, 0.2) is 11.3 Å². The summed E-state index contributed by atoms with van der Waals surface area (Å²) in [5, 5.41) is 10.1. The summed E-state index contributed by atoms with van der Waals surface area (Å²) in [5.74, 6) is 0.0239. The molecule has 1 saturated heterocycles. The second-order valence-corrected chi connectivity index (χ2v) is 3.94. The molecular weight excluding hydrogens is 232 g/mol. The van der Waals surface area contributed by atoms with Crippen molar-refractivity contribution in [3.8, 4) is 0 Å². The number of nitrogens with one attached hydrogen (secondary N) is 1. The van der Waals surface area contributed by atoms with Crippen molar-refractivity contribution >= 4 is 23.2 Å². The molecule has 1 atom stereocenters. The van der Waals surface area contributed by atoms with E-state index in [2.05, 4.69) is 20.2 Å². The number of aromatic amines is 1. The first-order chi connectivity index (χ1) is 7.72. The lowest BCUT2D eigenvalue weighted by atomic mass is 10.1. The minimum Gasteiger partial charge on any atom is -0.308 e. The quantitative estimate of drug-likeness (QED) is 0.494. The van der Waals surface area contributed by atoms with Crippen LogP contribution in [0.25, 0.3) is 10.4 Å². The lowest BCUT2D eigenvalue weighted by Gasteiger charge is -2.13. The Labute approximate surface area is 96.0 Å². The highest BCUT2D eigenvalue weighted by atomic mass is 35.5. The predicted octanol–water partition coefficient (Wildman–Crippen LogP) is 1.73. The molecule has 84 valence electrons. The van der Waals surface area contributed by atoms with Crippen molar-refractivity contribution < 1.29 is 4.79 Å². The first-order valence-corrected chi connectivity index (χ1v) is 5.10. The molecule has 2 rings (SSSR count). The van der Waals surface area contributed by atoms with Crippen molar-refractivity contribution in [1.29, 1.82) is 0 Å². The van der Waals surface area contributed by atoms with Gasteiger partial charge in [0.2, 0.25) is 5.91 Å². The summed E-state index contributed by atoms with van der Waals surface area (Å²) in [5.41, 5.74) is 8.79. The van der Waals surface area contributed by atoms with E-state index in [0.29, 0.717) is 30.4 Å². The van der Waals surface area contributed by atoms with Crippen LogP contribution in [-0.4, -0.2) is 29.2 Å². The third kappa shape index (κ3) is 1.95. The lowest BCUT2D eigenvalue weighted by molar-refractivity contribution is -0.117. The topological polar surface area (TPSA) is 97.8 Å². The highest BCUT2D eigenvalue weighted by molar-refractivity contribution is 6.32. The van der Waals surface area contributed by atoms with E-state index in [1.165, 1.54) is 6.20 Å². The Morgan fingerprint density at radius 3 is 3.25 bits per heavy atom. The van der Waals surface area contributed by atoms with Crippen molar-refractivity contribution in [3.63, 3.8) is 0 Å². The zero-order valence-corrected chi connectivity index (χ0v) is 9.05. The summed E-state index contributed by atoms with van der Waals surface area (Å²) in [7, 11) is 0. The maximum Gasteiger partial charge on any atom is 0.227 e. The normalized spacial score (nSPS) is 19.9. The average molecular weight is 241 g/mol. The van der Waals surface area contributed by atoms with Crippen LogP contribution in [-0.2, 0) is 4.79 Å². The predicted molar refractivity (Wildman–Crippen MR) is 58.1 cm³/mol. The molecule has 0 saturated carbocycles. The zero-order valence-electron chi connectivity index (χ0n) is 8.30. The number of hydrogen-bond donors (Lipinski definition) is 1. The molecule has 16 heavy (non-hydrogen) atoms. The zero-order chi connectivity index (χ0) is 11.5. The van der Waals surface area contributed by atoms with E-state index in [9.17, 15) is 4.79 Å². The number of amides is 1.